The molecule has 0 spiro atoms. The zero-order valence-corrected chi connectivity index (χ0v) is 11.4. The molecule has 0 heterocycles. The number of carboxylic acids is 1. The van der Waals surface area contributed by atoms with Crippen LogP contribution in [-0.2, 0) is 9.84 Å². The number of phenols is 1. The van der Waals surface area contributed by atoms with Gasteiger partial charge >= 0.3 is 5.97 Å². The summed E-state index contributed by atoms with van der Waals surface area (Å²) < 4.78 is 23.0. The van der Waals surface area contributed by atoms with Gasteiger partial charge in [-0.3, -0.25) is 0 Å². The molecule has 20 heavy (non-hydrogen) atoms. The van der Waals surface area contributed by atoms with E-state index in [1.54, 1.807) is 12.1 Å². The van der Waals surface area contributed by atoms with E-state index in [2.05, 4.69) is 0 Å². The van der Waals surface area contributed by atoms with Crippen molar-refractivity contribution in [3.05, 3.63) is 48.0 Å². The van der Waals surface area contributed by atoms with E-state index in [-0.39, 0.29) is 16.2 Å². The van der Waals surface area contributed by atoms with Crippen molar-refractivity contribution in [2.45, 2.75) is 4.90 Å². The molecule has 0 bridgehead atoms. The molecular formula is C14H12O5S. The molecule has 2 N–H and O–H groups in total. The van der Waals surface area contributed by atoms with Crippen LogP contribution in [0.4, 0.5) is 0 Å². The summed E-state index contributed by atoms with van der Waals surface area (Å²) in [5, 5.41) is 18.5. The Hall–Kier alpha value is -2.34. The van der Waals surface area contributed by atoms with Crippen LogP contribution < -0.4 is 0 Å². The molecule has 0 aromatic heterocycles. The molecular weight excluding hydrogens is 280 g/mol. The highest BCUT2D eigenvalue weighted by Crippen LogP contribution is 2.27. The number of aromatic carboxylic acids is 1. The first kappa shape index (κ1) is 14.1. The van der Waals surface area contributed by atoms with Gasteiger partial charge in [-0.05, 0) is 41.5 Å². The van der Waals surface area contributed by atoms with Crippen molar-refractivity contribution < 1.29 is 23.4 Å². The molecule has 2 aromatic carbocycles. The van der Waals surface area contributed by atoms with Crippen LogP contribution >= 0.6 is 0 Å². The third-order valence-electron chi connectivity index (χ3n) is 2.76. The third kappa shape index (κ3) is 2.97. The fourth-order valence-corrected chi connectivity index (χ4v) is 2.47. The van der Waals surface area contributed by atoms with Gasteiger partial charge in [-0.2, -0.15) is 0 Å². The number of carboxylic acid groups (broad SMARTS) is 1. The van der Waals surface area contributed by atoms with E-state index in [0.29, 0.717) is 11.1 Å². The minimum atomic E-state index is -3.35. The average Bonchev–Trinajstić information content (AvgIpc) is 2.37. The van der Waals surface area contributed by atoms with Crippen LogP contribution in [-0.4, -0.2) is 30.9 Å². The summed E-state index contributed by atoms with van der Waals surface area (Å²) in [5.41, 5.74) is 0.893. The lowest BCUT2D eigenvalue weighted by atomic mass is 10.0. The molecule has 0 saturated heterocycles. The van der Waals surface area contributed by atoms with Gasteiger partial charge in [0.1, 0.15) is 5.75 Å². The quantitative estimate of drug-likeness (QED) is 0.904. The topological polar surface area (TPSA) is 91.7 Å². The van der Waals surface area contributed by atoms with Crippen molar-refractivity contribution in [2.75, 3.05) is 6.26 Å². The smallest absolute Gasteiger partial charge is 0.335 e. The zero-order chi connectivity index (χ0) is 14.9. The number of sulfone groups is 1. The van der Waals surface area contributed by atoms with Gasteiger partial charge in [0, 0.05) is 6.26 Å². The molecule has 5 nitrogen and oxygen atoms in total. The fourth-order valence-electron chi connectivity index (χ4n) is 1.81. The van der Waals surface area contributed by atoms with Crippen LogP contribution in [0.3, 0.4) is 0 Å². The van der Waals surface area contributed by atoms with E-state index in [1.165, 1.54) is 24.3 Å². The summed E-state index contributed by atoms with van der Waals surface area (Å²) in [5.74, 6) is -1.36. The van der Waals surface area contributed by atoms with Crippen LogP contribution in [0.2, 0.25) is 0 Å². The lowest BCUT2D eigenvalue weighted by molar-refractivity contribution is 0.0696. The van der Waals surface area contributed by atoms with Crippen LogP contribution in [0, 0.1) is 0 Å². The number of carbonyl (C=O) groups is 1. The van der Waals surface area contributed by atoms with E-state index in [0.717, 1.165) is 12.3 Å². The molecule has 0 aliphatic rings. The Morgan fingerprint density at radius 1 is 1.05 bits per heavy atom. The summed E-state index contributed by atoms with van der Waals surface area (Å²) in [7, 11) is -3.35. The third-order valence-corrected chi connectivity index (χ3v) is 3.87. The maximum absolute atomic E-state index is 11.5. The molecule has 0 radical (unpaired) electrons. The Labute approximate surface area is 116 Å². The van der Waals surface area contributed by atoms with E-state index >= 15 is 0 Å². The SMILES string of the molecule is CS(=O)(=O)c1cccc(-c2cc(O)cc(C(=O)O)c2)c1. The number of rotatable bonds is 3. The standard InChI is InChI=1S/C14H12O5S/c1-20(18,19)13-4-2-3-9(8-13)10-5-11(14(16)17)7-12(15)6-10/h2-8,15H,1H3,(H,16,17). The normalized spacial score (nSPS) is 11.2. The predicted molar refractivity (Wildman–Crippen MR) is 73.6 cm³/mol. The molecule has 0 saturated carbocycles. The Kier molecular flexibility index (Phi) is 3.50. The molecule has 6 heteroatoms. The van der Waals surface area contributed by atoms with Crippen LogP contribution in [0.25, 0.3) is 11.1 Å². The molecule has 2 aromatic rings. The van der Waals surface area contributed by atoms with Gasteiger partial charge in [0.2, 0.25) is 0 Å². The van der Waals surface area contributed by atoms with Crippen molar-refractivity contribution in [3.63, 3.8) is 0 Å². The minimum Gasteiger partial charge on any atom is -0.508 e. The molecule has 0 aliphatic carbocycles. The largest absolute Gasteiger partial charge is 0.508 e. The Bertz CT molecular complexity index is 778. The summed E-state index contributed by atoms with van der Waals surface area (Å²) in [6.07, 6.45) is 1.09. The van der Waals surface area contributed by atoms with Crippen molar-refractivity contribution in [2.24, 2.45) is 0 Å². The second kappa shape index (κ2) is 4.97. The Morgan fingerprint density at radius 3 is 2.35 bits per heavy atom. The Morgan fingerprint density at radius 2 is 1.75 bits per heavy atom. The van der Waals surface area contributed by atoms with Crippen molar-refractivity contribution >= 4 is 15.8 Å². The second-order valence-electron chi connectivity index (χ2n) is 4.37. The Balaban J connectivity index is 2.60. The molecule has 0 amide bonds. The van der Waals surface area contributed by atoms with Gasteiger partial charge in [0.05, 0.1) is 10.5 Å². The minimum absolute atomic E-state index is 0.0650. The summed E-state index contributed by atoms with van der Waals surface area (Å²) in [6.45, 7) is 0. The molecule has 0 aliphatic heterocycles. The number of benzene rings is 2. The second-order valence-corrected chi connectivity index (χ2v) is 6.39. The maximum atomic E-state index is 11.5. The molecule has 0 unspecified atom stereocenters. The number of aromatic hydroxyl groups is 1. The first-order valence-electron chi connectivity index (χ1n) is 5.65. The molecule has 0 atom stereocenters. The first-order chi connectivity index (χ1) is 9.27. The van der Waals surface area contributed by atoms with E-state index in [4.69, 9.17) is 5.11 Å². The van der Waals surface area contributed by atoms with E-state index in [9.17, 15) is 18.3 Å². The number of hydrogen-bond donors (Lipinski definition) is 2. The number of hydrogen-bond acceptors (Lipinski definition) is 4. The summed E-state index contributed by atoms with van der Waals surface area (Å²) >= 11 is 0. The van der Waals surface area contributed by atoms with Crippen molar-refractivity contribution in [1.29, 1.82) is 0 Å². The number of phenolic OH excluding ortho intramolecular Hbond substituents is 1. The predicted octanol–water partition coefficient (Wildman–Crippen LogP) is 2.16. The van der Waals surface area contributed by atoms with Gasteiger partial charge in [0.15, 0.2) is 9.84 Å². The lowest BCUT2D eigenvalue weighted by Crippen LogP contribution is -1.98. The monoisotopic (exact) mass is 292 g/mol. The highest BCUT2D eigenvalue weighted by molar-refractivity contribution is 7.90. The molecule has 0 fully saturated rings. The summed E-state index contributed by atoms with van der Waals surface area (Å²) in [6, 6.07) is 10.0. The van der Waals surface area contributed by atoms with E-state index < -0.39 is 15.8 Å². The maximum Gasteiger partial charge on any atom is 0.335 e. The van der Waals surface area contributed by atoms with Gasteiger partial charge < -0.3 is 10.2 Å². The van der Waals surface area contributed by atoms with Crippen LogP contribution in [0.15, 0.2) is 47.4 Å². The summed E-state index contributed by atoms with van der Waals surface area (Å²) in [4.78, 5) is 11.1. The molecule has 2 rings (SSSR count). The lowest BCUT2D eigenvalue weighted by Gasteiger charge is -2.06. The van der Waals surface area contributed by atoms with Crippen molar-refractivity contribution in [1.82, 2.24) is 0 Å². The van der Waals surface area contributed by atoms with Crippen LogP contribution in [0.1, 0.15) is 10.4 Å². The first-order valence-corrected chi connectivity index (χ1v) is 7.54. The van der Waals surface area contributed by atoms with Gasteiger partial charge in [-0.1, -0.05) is 12.1 Å². The van der Waals surface area contributed by atoms with Crippen LogP contribution in [0.5, 0.6) is 5.75 Å². The van der Waals surface area contributed by atoms with Gasteiger partial charge in [-0.25, -0.2) is 13.2 Å². The fraction of sp³-hybridized carbons (Fsp3) is 0.0714. The van der Waals surface area contributed by atoms with Crippen molar-refractivity contribution in [3.8, 4) is 16.9 Å². The highest BCUT2D eigenvalue weighted by atomic mass is 32.2. The average molecular weight is 292 g/mol. The highest BCUT2D eigenvalue weighted by Gasteiger charge is 2.11. The molecule has 104 valence electrons. The van der Waals surface area contributed by atoms with Gasteiger partial charge in [0.25, 0.3) is 0 Å². The van der Waals surface area contributed by atoms with Gasteiger partial charge in [-0.15, -0.1) is 0 Å². The zero-order valence-electron chi connectivity index (χ0n) is 10.6. The van der Waals surface area contributed by atoms with E-state index in [1.807, 2.05) is 0 Å².